The third-order valence-electron chi connectivity index (χ3n) is 1.31. The van der Waals surface area contributed by atoms with Gasteiger partial charge in [-0.1, -0.05) is 6.92 Å². The number of halogens is 3. The molecule has 0 atom stereocenters. The second kappa shape index (κ2) is 5.41. The molecule has 0 heterocycles. The minimum atomic E-state index is -4.33. The number of alkyl halides is 3. The quantitative estimate of drug-likeness (QED) is 0.561. The monoisotopic (exact) mass is 207 g/mol. The molecule has 0 rings (SSSR count). The molecule has 0 unspecified atom stereocenters. The molecule has 0 aromatic carbocycles. The second-order valence-electron chi connectivity index (χ2n) is 2.48. The molecule has 0 fully saturated rings. The van der Waals surface area contributed by atoms with Crippen LogP contribution in [0.1, 0.15) is 13.3 Å². The van der Waals surface area contributed by atoms with Gasteiger partial charge in [-0.25, -0.2) is 0 Å². The fraction of sp³-hybridized carbons (Fsp3) is 0.500. The third kappa shape index (κ3) is 6.22. The van der Waals surface area contributed by atoms with E-state index in [-0.39, 0.29) is 23.9 Å². The van der Waals surface area contributed by atoms with Crippen LogP contribution in [0.15, 0.2) is 33.8 Å². The molecule has 14 heavy (non-hydrogen) atoms. The zero-order valence-corrected chi connectivity index (χ0v) is 7.97. The molecule has 0 aliphatic carbocycles. The summed E-state index contributed by atoms with van der Waals surface area (Å²) >= 11 is 0. The first kappa shape index (κ1) is 12.7. The van der Waals surface area contributed by atoms with Gasteiger partial charge in [0.15, 0.2) is 0 Å². The Balaban J connectivity index is 4.75. The van der Waals surface area contributed by atoms with Crippen LogP contribution in [-0.4, -0.2) is 13.2 Å². The number of rotatable bonds is 3. The molecular weight excluding hydrogens is 195 g/mol. The van der Waals surface area contributed by atoms with Crippen molar-refractivity contribution in [1.29, 1.82) is 0 Å². The van der Waals surface area contributed by atoms with Gasteiger partial charge in [0.1, 0.15) is 5.82 Å². The molecule has 0 aliphatic heterocycles. The summed E-state index contributed by atoms with van der Waals surface area (Å²) in [6.07, 6.45) is -2.74. The lowest BCUT2D eigenvalue weighted by molar-refractivity contribution is -0.0804. The van der Waals surface area contributed by atoms with E-state index in [1.54, 1.807) is 6.92 Å². The normalized spacial score (nSPS) is 15.2. The van der Waals surface area contributed by atoms with Crippen molar-refractivity contribution < 1.29 is 13.2 Å². The highest BCUT2D eigenvalue weighted by molar-refractivity contribution is 5.22. The molecule has 2 N–H and O–H groups in total. The second-order valence-corrected chi connectivity index (χ2v) is 2.48. The average molecular weight is 207 g/mol. The van der Waals surface area contributed by atoms with Crippen molar-refractivity contribution in [3.63, 3.8) is 0 Å². The molecule has 0 aromatic rings. The van der Waals surface area contributed by atoms with Crippen LogP contribution in [0.2, 0.25) is 0 Å². The predicted octanol–water partition coefficient (Wildman–Crippen LogP) is 2.77. The average Bonchev–Trinajstić information content (AvgIpc) is 2.01. The summed E-state index contributed by atoms with van der Waals surface area (Å²) in [5, 5.41) is 6.74. The van der Waals surface area contributed by atoms with Gasteiger partial charge in [0.2, 0.25) is 0 Å². The first-order chi connectivity index (χ1) is 6.39. The van der Waals surface area contributed by atoms with E-state index in [1.807, 2.05) is 0 Å². The number of hydrogen-bond donors (Lipinski definition) is 1. The Morgan fingerprint density at radius 3 is 2.36 bits per heavy atom. The minimum Gasteiger partial charge on any atom is -0.382 e. The molecule has 0 radical (unpaired) electrons. The highest BCUT2D eigenvalue weighted by Gasteiger charge is 2.23. The molecule has 0 amide bonds. The van der Waals surface area contributed by atoms with Gasteiger partial charge in [0.05, 0.1) is 0 Å². The number of nitrogens with zero attached hydrogens (tertiary/aromatic N) is 2. The van der Waals surface area contributed by atoms with Crippen molar-refractivity contribution in [2.24, 2.45) is 16.0 Å². The highest BCUT2D eigenvalue weighted by atomic mass is 19.4. The first-order valence-corrected chi connectivity index (χ1v) is 3.94. The lowest BCUT2D eigenvalue weighted by Gasteiger charge is -2.02. The Morgan fingerprint density at radius 2 is 2.00 bits per heavy atom. The highest BCUT2D eigenvalue weighted by Crippen LogP contribution is 2.20. The van der Waals surface area contributed by atoms with Gasteiger partial charge in [-0.05, 0) is 18.1 Å². The number of hydrogen-bond acceptors (Lipinski definition) is 3. The Hall–Kier alpha value is -1.33. The van der Waals surface area contributed by atoms with Crippen LogP contribution in [0.4, 0.5) is 13.2 Å². The predicted molar refractivity (Wildman–Crippen MR) is 47.5 cm³/mol. The topological polar surface area (TPSA) is 50.7 Å². The summed E-state index contributed by atoms with van der Waals surface area (Å²) in [6.45, 7) is 1.60. The van der Waals surface area contributed by atoms with E-state index in [2.05, 4.69) is 10.2 Å². The van der Waals surface area contributed by atoms with Crippen molar-refractivity contribution in [3.8, 4) is 0 Å². The lowest BCUT2D eigenvalue weighted by atomic mass is 10.2. The van der Waals surface area contributed by atoms with Crippen LogP contribution >= 0.6 is 0 Å². The Kier molecular flexibility index (Phi) is 4.90. The van der Waals surface area contributed by atoms with Gasteiger partial charge in [0, 0.05) is 13.1 Å². The van der Waals surface area contributed by atoms with Crippen LogP contribution in [0, 0.1) is 0 Å². The number of nitrogens with two attached hydrogens (primary N) is 1. The van der Waals surface area contributed by atoms with Crippen LogP contribution in [0.3, 0.4) is 0 Å². The van der Waals surface area contributed by atoms with Crippen molar-refractivity contribution in [3.05, 3.63) is 23.5 Å². The van der Waals surface area contributed by atoms with E-state index < -0.39 is 6.18 Å². The van der Waals surface area contributed by atoms with Gasteiger partial charge in [-0.3, -0.25) is 0 Å². The maximum absolute atomic E-state index is 11.9. The Bertz CT molecular complexity index is 263. The van der Waals surface area contributed by atoms with E-state index >= 15 is 0 Å². The molecular formula is C8H12F3N3. The van der Waals surface area contributed by atoms with Gasteiger partial charge >= 0.3 is 6.18 Å². The third-order valence-corrected chi connectivity index (χ3v) is 1.31. The molecule has 0 aromatic heterocycles. The van der Waals surface area contributed by atoms with Crippen molar-refractivity contribution in [1.82, 2.24) is 0 Å². The summed E-state index contributed by atoms with van der Waals surface area (Å²) in [6, 6.07) is 0. The van der Waals surface area contributed by atoms with Crippen molar-refractivity contribution >= 4 is 0 Å². The molecule has 0 aliphatic rings. The van der Waals surface area contributed by atoms with Crippen LogP contribution in [-0.2, 0) is 0 Å². The Labute approximate surface area is 80.2 Å². The van der Waals surface area contributed by atoms with E-state index in [9.17, 15) is 13.2 Å². The van der Waals surface area contributed by atoms with E-state index in [0.717, 1.165) is 6.08 Å². The summed E-state index contributed by atoms with van der Waals surface area (Å²) in [5.74, 6) is -0.0372. The van der Waals surface area contributed by atoms with E-state index in [4.69, 9.17) is 5.73 Å². The van der Waals surface area contributed by atoms with Crippen LogP contribution < -0.4 is 5.73 Å². The first-order valence-electron chi connectivity index (χ1n) is 3.94. The number of allylic oxidation sites excluding steroid dienone is 3. The summed E-state index contributed by atoms with van der Waals surface area (Å²) in [7, 11) is 1.39. The van der Waals surface area contributed by atoms with E-state index in [1.165, 1.54) is 7.05 Å². The molecule has 0 bridgehead atoms. The summed E-state index contributed by atoms with van der Waals surface area (Å²) < 4.78 is 35.8. The van der Waals surface area contributed by atoms with Crippen molar-refractivity contribution in [2.45, 2.75) is 19.5 Å². The molecule has 80 valence electrons. The standard InChI is InChI=1S/C8H12F3N3/c1-3-6(5-8(9,10)11)4-7(12)14-13-2/h4-5H,3,12H2,1-2H3/b6-5+,7-4-,14-13-. The van der Waals surface area contributed by atoms with Gasteiger partial charge < -0.3 is 5.73 Å². The lowest BCUT2D eigenvalue weighted by Crippen LogP contribution is -2.03. The zero-order chi connectivity index (χ0) is 11.2. The smallest absolute Gasteiger partial charge is 0.382 e. The number of azo groups is 1. The van der Waals surface area contributed by atoms with Crippen LogP contribution in [0.5, 0.6) is 0 Å². The maximum atomic E-state index is 11.9. The van der Waals surface area contributed by atoms with Gasteiger partial charge in [-0.2, -0.15) is 18.3 Å². The van der Waals surface area contributed by atoms with Crippen molar-refractivity contribution in [2.75, 3.05) is 7.05 Å². The van der Waals surface area contributed by atoms with Crippen LogP contribution in [0.25, 0.3) is 0 Å². The Morgan fingerprint density at radius 1 is 1.43 bits per heavy atom. The fourth-order valence-electron chi connectivity index (χ4n) is 0.790. The molecule has 0 spiro atoms. The molecule has 6 heteroatoms. The maximum Gasteiger partial charge on any atom is 0.410 e. The summed E-state index contributed by atoms with van der Waals surface area (Å²) in [5.41, 5.74) is 5.34. The molecule has 0 saturated heterocycles. The van der Waals surface area contributed by atoms with Gasteiger partial charge in [0.25, 0.3) is 0 Å². The minimum absolute atomic E-state index is 0.0372. The zero-order valence-electron chi connectivity index (χ0n) is 7.97. The molecule has 0 saturated carbocycles. The van der Waals surface area contributed by atoms with E-state index in [0.29, 0.717) is 0 Å². The molecule has 3 nitrogen and oxygen atoms in total. The SMILES string of the molecule is CCC(/C=C(N)\N=N/C)=C\C(F)(F)F. The van der Waals surface area contributed by atoms with Gasteiger partial charge in [-0.15, -0.1) is 5.11 Å². The summed E-state index contributed by atoms with van der Waals surface area (Å²) in [4.78, 5) is 0. The largest absolute Gasteiger partial charge is 0.410 e. The fourth-order valence-corrected chi connectivity index (χ4v) is 0.790.